The lowest BCUT2D eigenvalue weighted by molar-refractivity contribution is -0.606. The molecule has 0 radical (unpaired) electrons. The summed E-state index contributed by atoms with van der Waals surface area (Å²) in [4.78, 5) is 0. The van der Waals surface area contributed by atoms with Crippen molar-refractivity contribution in [3.8, 4) is 11.4 Å². The van der Waals surface area contributed by atoms with E-state index in [0.717, 1.165) is 6.42 Å². The number of rotatable bonds is 10. The Morgan fingerprint density at radius 3 is 1.60 bits per heavy atom. The Morgan fingerprint density at radius 1 is 0.698 bits per heavy atom. The molecule has 3 heteroatoms. The molecule has 1 atom stereocenters. The van der Waals surface area contributed by atoms with Crippen molar-refractivity contribution in [2.45, 2.75) is 112 Å². The van der Waals surface area contributed by atoms with Crippen molar-refractivity contribution in [3.05, 3.63) is 124 Å². The molecule has 1 heterocycles. The van der Waals surface area contributed by atoms with Gasteiger partial charge in [0.05, 0.1) is 5.92 Å². The summed E-state index contributed by atoms with van der Waals surface area (Å²) in [7, 11) is 0. The van der Waals surface area contributed by atoms with E-state index >= 15 is 0 Å². The Kier molecular flexibility index (Phi) is 11.8. The largest absolute Gasteiger partial charge is 1.00 e. The third-order valence-electron chi connectivity index (χ3n) is 8.58. The third-order valence-corrected chi connectivity index (χ3v) is 8.58. The van der Waals surface area contributed by atoms with Gasteiger partial charge in [0.1, 0.15) is 23.8 Å². The summed E-state index contributed by atoms with van der Waals surface area (Å²) in [5.74, 6) is 3.14. The fraction of sp³-hybridized carbons (Fsp3) is 0.425. The summed E-state index contributed by atoms with van der Waals surface area (Å²) in [5, 5.41) is 0. The number of aryl methyl sites for hydroxylation is 1. The van der Waals surface area contributed by atoms with Crippen LogP contribution in [0.2, 0.25) is 0 Å². The molecule has 0 aliphatic carbocycles. The predicted molar refractivity (Wildman–Crippen MR) is 181 cm³/mol. The van der Waals surface area contributed by atoms with Crippen LogP contribution in [0.1, 0.15) is 144 Å². The van der Waals surface area contributed by atoms with Gasteiger partial charge in [0, 0.05) is 22.3 Å². The smallest absolute Gasteiger partial charge is 0.274 e. The van der Waals surface area contributed by atoms with Crippen LogP contribution in [0.5, 0.6) is 0 Å². The lowest BCUT2D eigenvalue weighted by Gasteiger charge is -2.23. The van der Waals surface area contributed by atoms with Crippen molar-refractivity contribution < 1.29 is 21.5 Å². The summed E-state index contributed by atoms with van der Waals surface area (Å²) >= 11 is 0. The minimum Gasteiger partial charge on any atom is -1.00 e. The third kappa shape index (κ3) is 7.43. The van der Waals surface area contributed by atoms with E-state index in [1.165, 1.54) is 56.2 Å². The van der Waals surface area contributed by atoms with Crippen molar-refractivity contribution in [1.29, 1.82) is 0 Å². The first-order valence-electron chi connectivity index (χ1n) is 16.0. The lowest BCUT2D eigenvalue weighted by atomic mass is 9.89. The van der Waals surface area contributed by atoms with Gasteiger partial charge in [-0.3, -0.25) is 0 Å². The van der Waals surface area contributed by atoms with Crippen LogP contribution >= 0.6 is 0 Å². The van der Waals surface area contributed by atoms with Gasteiger partial charge in [-0.2, -0.15) is 9.13 Å². The van der Waals surface area contributed by atoms with Crippen LogP contribution in [0.4, 0.5) is 0 Å². The number of hydrogen-bond acceptors (Lipinski definition) is 0. The molecule has 0 spiro atoms. The fourth-order valence-electron chi connectivity index (χ4n) is 6.24. The molecule has 230 valence electrons. The Labute approximate surface area is 272 Å². The Morgan fingerprint density at radius 2 is 1.16 bits per heavy atom. The molecule has 0 amide bonds. The Balaban J connectivity index is 0.00000506. The second-order valence-corrected chi connectivity index (χ2v) is 13.6. The molecular formula is C40H53BrN2. The number of imidazole rings is 1. The first-order valence-corrected chi connectivity index (χ1v) is 16.0. The van der Waals surface area contributed by atoms with Crippen LogP contribution in [-0.4, -0.2) is 4.57 Å². The Bertz CT molecular complexity index is 1400. The van der Waals surface area contributed by atoms with E-state index in [-0.39, 0.29) is 22.9 Å². The van der Waals surface area contributed by atoms with E-state index in [1.54, 1.807) is 0 Å². The number of allylic oxidation sites excluding steroid dienone is 2. The minimum atomic E-state index is 0. The van der Waals surface area contributed by atoms with Gasteiger partial charge < -0.3 is 17.0 Å². The van der Waals surface area contributed by atoms with Gasteiger partial charge in [0.25, 0.3) is 5.82 Å². The van der Waals surface area contributed by atoms with Crippen molar-refractivity contribution in [2.24, 2.45) is 0 Å². The van der Waals surface area contributed by atoms with Crippen LogP contribution in [0.3, 0.4) is 0 Å². The zero-order chi connectivity index (χ0) is 30.7. The monoisotopic (exact) mass is 640 g/mol. The average molecular weight is 642 g/mol. The topological polar surface area (TPSA) is 8.81 Å². The normalized spacial score (nSPS) is 12.3. The maximum Gasteiger partial charge on any atom is 0.274 e. The van der Waals surface area contributed by atoms with Crippen LogP contribution < -0.4 is 21.5 Å². The van der Waals surface area contributed by atoms with Crippen molar-refractivity contribution >= 4 is 0 Å². The van der Waals surface area contributed by atoms with Crippen molar-refractivity contribution in [2.75, 3.05) is 0 Å². The van der Waals surface area contributed by atoms with E-state index in [2.05, 4.69) is 164 Å². The van der Waals surface area contributed by atoms with Gasteiger partial charge in [-0.05, 0) is 56.4 Å². The SMILES string of the molecule is CC(C)=CCC(c1ccc(C)cc1)c1n(-c2c(C(C)C)cccc2C(C)C)cc[n+]1-c1c(C(C)C)cccc1C(C)C.[Br-]. The molecular weight excluding hydrogens is 588 g/mol. The second kappa shape index (κ2) is 14.7. The molecule has 3 aromatic carbocycles. The Hall–Kier alpha value is -2.91. The highest BCUT2D eigenvalue weighted by molar-refractivity contribution is 5.53. The molecule has 0 N–H and O–H groups in total. The van der Waals surface area contributed by atoms with Crippen molar-refractivity contribution in [3.63, 3.8) is 0 Å². The quantitative estimate of drug-likeness (QED) is 0.122. The number of benzene rings is 3. The highest BCUT2D eigenvalue weighted by Crippen LogP contribution is 2.37. The van der Waals surface area contributed by atoms with Crippen LogP contribution in [-0.2, 0) is 0 Å². The van der Waals surface area contributed by atoms with Gasteiger partial charge in [-0.15, -0.1) is 0 Å². The maximum atomic E-state index is 2.55. The van der Waals surface area contributed by atoms with Crippen molar-refractivity contribution in [1.82, 2.24) is 4.57 Å². The number of nitrogens with zero attached hydrogens (tertiary/aromatic N) is 2. The molecule has 2 nitrogen and oxygen atoms in total. The molecule has 43 heavy (non-hydrogen) atoms. The zero-order valence-corrected chi connectivity index (χ0v) is 30.0. The van der Waals surface area contributed by atoms with Crippen LogP contribution in [0, 0.1) is 6.92 Å². The van der Waals surface area contributed by atoms with E-state index in [9.17, 15) is 0 Å². The van der Waals surface area contributed by atoms with E-state index in [4.69, 9.17) is 0 Å². The number of para-hydroxylation sites is 2. The molecule has 4 aromatic rings. The van der Waals surface area contributed by atoms with Gasteiger partial charge in [-0.25, -0.2) is 0 Å². The van der Waals surface area contributed by atoms with E-state index in [0.29, 0.717) is 23.7 Å². The molecule has 0 bridgehead atoms. The average Bonchev–Trinajstić information content (AvgIpc) is 3.36. The molecule has 4 rings (SSSR count). The second-order valence-electron chi connectivity index (χ2n) is 13.6. The van der Waals surface area contributed by atoms with Crippen LogP contribution in [0.25, 0.3) is 11.4 Å². The van der Waals surface area contributed by atoms with Gasteiger partial charge >= 0.3 is 0 Å². The van der Waals surface area contributed by atoms with Gasteiger partial charge in [-0.1, -0.05) is 133 Å². The molecule has 1 unspecified atom stereocenters. The lowest BCUT2D eigenvalue weighted by Crippen LogP contribution is -3.00. The minimum absolute atomic E-state index is 0. The van der Waals surface area contributed by atoms with E-state index < -0.39 is 0 Å². The summed E-state index contributed by atoms with van der Waals surface area (Å²) in [6.07, 6.45) is 8.04. The molecule has 0 fully saturated rings. The molecule has 0 aliphatic heterocycles. The van der Waals surface area contributed by atoms with E-state index in [1.807, 2.05) is 0 Å². The molecule has 1 aromatic heterocycles. The summed E-state index contributed by atoms with van der Waals surface area (Å²) in [6.45, 7) is 25.2. The molecule has 0 saturated carbocycles. The highest BCUT2D eigenvalue weighted by Gasteiger charge is 2.35. The van der Waals surface area contributed by atoms with Gasteiger partial charge in [0.15, 0.2) is 0 Å². The standard InChI is InChI=1S/C40H53N2.BrH/c1-26(2)18-23-37(32-21-19-31(11)20-22-32)40-41(38-33(27(3)4)14-12-15-34(38)28(5)6)24-25-42(40)39-35(29(7)8)16-13-17-36(39)30(9)10;/h12-22,24-25,27-30,37H,23H2,1-11H3;1H/q+1;/p-1. The predicted octanol–water partition coefficient (Wildman–Crippen LogP) is 8.05. The summed E-state index contributed by atoms with van der Waals surface area (Å²) < 4.78 is 5.10. The zero-order valence-electron chi connectivity index (χ0n) is 28.4. The summed E-state index contributed by atoms with van der Waals surface area (Å²) in [5.41, 5.74) is 12.3. The van der Waals surface area contributed by atoms with Crippen LogP contribution in [0.15, 0.2) is 84.7 Å². The first-order chi connectivity index (χ1) is 19.9. The molecule has 0 saturated heterocycles. The fourth-order valence-corrected chi connectivity index (χ4v) is 6.24. The molecule has 0 aliphatic rings. The maximum absolute atomic E-state index is 2.55. The number of hydrogen-bond donors (Lipinski definition) is 0. The van der Waals surface area contributed by atoms with Gasteiger partial charge in [0.2, 0.25) is 0 Å². The number of aromatic nitrogens is 2. The first kappa shape index (κ1) is 34.6. The highest BCUT2D eigenvalue weighted by atomic mass is 79.9. The number of halogens is 1. The summed E-state index contributed by atoms with van der Waals surface area (Å²) in [6, 6.07) is 23.0.